The number of nitrogens with two attached hydrogens (primary N) is 1. The van der Waals surface area contributed by atoms with Crippen molar-refractivity contribution in [2.24, 2.45) is 11.8 Å². The van der Waals surface area contributed by atoms with E-state index in [1.807, 2.05) is 0 Å². The third kappa shape index (κ3) is 3.19. The highest BCUT2D eigenvalue weighted by Crippen LogP contribution is 2.29. The fourth-order valence-corrected chi connectivity index (χ4v) is 2.80. The summed E-state index contributed by atoms with van der Waals surface area (Å²) in [5, 5.41) is 3.45. The van der Waals surface area contributed by atoms with Crippen LogP contribution in [0.3, 0.4) is 0 Å². The lowest BCUT2D eigenvalue weighted by Crippen LogP contribution is -2.24. The van der Waals surface area contributed by atoms with Gasteiger partial charge in [-0.3, -0.25) is 0 Å². The lowest BCUT2D eigenvalue weighted by atomic mass is 9.99. The van der Waals surface area contributed by atoms with Crippen LogP contribution in [0.2, 0.25) is 0 Å². The van der Waals surface area contributed by atoms with Gasteiger partial charge in [0, 0.05) is 24.6 Å². The van der Waals surface area contributed by atoms with Crippen LogP contribution in [0, 0.1) is 5.92 Å². The van der Waals surface area contributed by atoms with Crippen molar-refractivity contribution in [2.75, 3.05) is 23.9 Å². The predicted molar refractivity (Wildman–Crippen MR) is 80.6 cm³/mol. The summed E-state index contributed by atoms with van der Waals surface area (Å²) >= 11 is 0. The number of rotatable bonds is 6. The van der Waals surface area contributed by atoms with Crippen LogP contribution in [-0.4, -0.2) is 29.2 Å². The van der Waals surface area contributed by atoms with E-state index >= 15 is 0 Å². The second-order valence-electron chi connectivity index (χ2n) is 5.53. The molecule has 0 spiro atoms. The fourth-order valence-electron chi connectivity index (χ4n) is 2.80. The van der Waals surface area contributed by atoms with Gasteiger partial charge in [0.1, 0.15) is 18.0 Å². The van der Waals surface area contributed by atoms with Gasteiger partial charge in [0.25, 0.3) is 0 Å². The molecule has 2 atom stereocenters. The van der Waals surface area contributed by atoms with E-state index in [1.54, 1.807) is 0 Å². The van der Waals surface area contributed by atoms with Gasteiger partial charge in [0.15, 0.2) is 0 Å². The monoisotopic (exact) mass is 279 g/mol. The lowest BCUT2D eigenvalue weighted by molar-refractivity contribution is 0.0900. The van der Waals surface area contributed by atoms with Gasteiger partial charge in [-0.05, 0) is 18.8 Å². The molecule has 0 aliphatic carbocycles. The number of aromatic nitrogens is 2. The Bertz CT molecular complexity index is 438. The van der Waals surface area contributed by atoms with Crippen LogP contribution in [0.5, 0.6) is 0 Å². The van der Waals surface area contributed by atoms with Gasteiger partial charge in [0.05, 0.1) is 6.10 Å². The van der Waals surface area contributed by atoms with Crippen LogP contribution in [0.4, 0.5) is 11.6 Å². The second kappa shape index (κ2) is 6.85. The molecule has 1 aromatic heterocycles. The minimum Gasteiger partial charge on any atom is -0.378 e. The van der Waals surface area contributed by atoms with Gasteiger partial charge < -0.3 is 15.5 Å². The highest BCUT2D eigenvalue weighted by Gasteiger charge is 2.27. The molecule has 2 unspecified atom stereocenters. The van der Waals surface area contributed by atoms with Crippen molar-refractivity contribution < 1.29 is 4.74 Å². The summed E-state index contributed by atoms with van der Waals surface area (Å²) in [7, 11) is 0. The van der Waals surface area contributed by atoms with Crippen LogP contribution in [-0.2, 0) is 4.74 Å². The van der Waals surface area contributed by atoms with Crippen LogP contribution >= 0.6 is 0 Å². The predicted octanol–water partition coefficient (Wildman–Crippen LogP) is 2.11. The summed E-state index contributed by atoms with van der Waals surface area (Å²) in [6.07, 6.45) is 4.06. The maximum atomic E-state index is 5.72. The molecule has 0 saturated carbocycles. The molecule has 20 heavy (non-hydrogen) atoms. The number of nitrogens with one attached hydrogen (secondary N) is 2. The Morgan fingerprint density at radius 1 is 1.40 bits per heavy atom. The van der Waals surface area contributed by atoms with Gasteiger partial charge in [-0.1, -0.05) is 20.8 Å². The first-order valence-electron chi connectivity index (χ1n) is 7.34. The maximum absolute atomic E-state index is 5.72. The van der Waals surface area contributed by atoms with E-state index < -0.39 is 0 Å². The number of ether oxygens (including phenoxy) is 1. The zero-order chi connectivity index (χ0) is 14.5. The van der Waals surface area contributed by atoms with Crippen molar-refractivity contribution in [3.63, 3.8) is 0 Å². The Balaban J connectivity index is 2.09. The number of nitrogen functional groups attached to an aromatic ring is 1. The number of hydrazine groups is 1. The number of nitrogens with zero attached hydrogens (tertiary/aromatic N) is 2. The van der Waals surface area contributed by atoms with E-state index in [1.165, 1.54) is 6.33 Å². The molecule has 0 bridgehead atoms. The first-order valence-corrected chi connectivity index (χ1v) is 7.34. The van der Waals surface area contributed by atoms with Crippen LogP contribution in [0.15, 0.2) is 6.33 Å². The van der Waals surface area contributed by atoms with Gasteiger partial charge in [0.2, 0.25) is 0 Å². The molecule has 0 aromatic carbocycles. The van der Waals surface area contributed by atoms with Crippen LogP contribution in [0.25, 0.3) is 0 Å². The zero-order valence-electron chi connectivity index (χ0n) is 12.5. The molecule has 112 valence electrons. The number of hydrogen-bond donors (Lipinski definition) is 3. The average Bonchev–Trinajstić information content (AvgIpc) is 2.91. The molecule has 4 N–H and O–H groups in total. The fraction of sp³-hybridized carbons (Fsp3) is 0.714. The van der Waals surface area contributed by atoms with E-state index in [4.69, 9.17) is 10.6 Å². The summed E-state index contributed by atoms with van der Waals surface area (Å²) in [6.45, 7) is 8.13. The molecule has 0 radical (unpaired) electrons. The summed E-state index contributed by atoms with van der Waals surface area (Å²) in [4.78, 5) is 8.54. The minimum atomic E-state index is 0.298. The summed E-state index contributed by atoms with van der Waals surface area (Å²) < 4.78 is 5.72. The third-order valence-corrected chi connectivity index (χ3v) is 3.88. The normalized spacial score (nSPS) is 22.2. The Kier molecular flexibility index (Phi) is 5.14. The molecule has 1 saturated heterocycles. The Morgan fingerprint density at radius 2 is 2.15 bits per heavy atom. The summed E-state index contributed by atoms with van der Waals surface area (Å²) in [5.74, 6) is 7.93. The van der Waals surface area contributed by atoms with E-state index in [0.29, 0.717) is 23.8 Å². The van der Waals surface area contributed by atoms with Crippen LogP contribution < -0.4 is 16.6 Å². The largest absolute Gasteiger partial charge is 0.378 e. The van der Waals surface area contributed by atoms with Gasteiger partial charge >= 0.3 is 0 Å². The minimum absolute atomic E-state index is 0.298. The van der Waals surface area contributed by atoms with Crippen LogP contribution in [0.1, 0.15) is 45.1 Å². The first-order chi connectivity index (χ1) is 9.67. The standard InChI is InChI=1S/C14H25N5O/c1-4-11-10(5-6-20-11)7-16-13-12(9(2)3)14(19-15)18-8-17-13/h8-11H,4-7,15H2,1-3H3,(H2,16,17,18,19). The van der Waals surface area contributed by atoms with Gasteiger partial charge in [-0.25, -0.2) is 15.8 Å². The Hall–Kier alpha value is -1.40. The maximum Gasteiger partial charge on any atom is 0.148 e. The topological polar surface area (TPSA) is 85.1 Å². The Morgan fingerprint density at radius 3 is 2.80 bits per heavy atom. The molecule has 1 aliphatic heterocycles. The van der Waals surface area contributed by atoms with E-state index in [-0.39, 0.29) is 0 Å². The highest BCUT2D eigenvalue weighted by molar-refractivity contribution is 5.58. The third-order valence-electron chi connectivity index (χ3n) is 3.88. The van der Waals surface area contributed by atoms with Crippen molar-refractivity contribution in [3.8, 4) is 0 Å². The molecule has 6 nitrogen and oxygen atoms in total. The molecule has 6 heteroatoms. The van der Waals surface area contributed by atoms with Crippen molar-refractivity contribution in [2.45, 2.75) is 45.6 Å². The Labute approximate surface area is 120 Å². The van der Waals surface area contributed by atoms with Gasteiger partial charge in [-0.2, -0.15) is 0 Å². The molecular formula is C14H25N5O. The smallest absolute Gasteiger partial charge is 0.148 e. The molecule has 0 amide bonds. The molecule has 2 rings (SSSR count). The highest BCUT2D eigenvalue weighted by atomic mass is 16.5. The average molecular weight is 279 g/mol. The van der Waals surface area contributed by atoms with E-state index in [0.717, 1.165) is 37.4 Å². The zero-order valence-corrected chi connectivity index (χ0v) is 12.5. The molecule has 1 fully saturated rings. The summed E-state index contributed by atoms with van der Waals surface area (Å²) in [6, 6.07) is 0. The van der Waals surface area contributed by atoms with E-state index in [9.17, 15) is 0 Å². The molecular weight excluding hydrogens is 254 g/mol. The molecule has 2 heterocycles. The summed E-state index contributed by atoms with van der Waals surface area (Å²) in [5.41, 5.74) is 3.68. The van der Waals surface area contributed by atoms with Crippen molar-refractivity contribution in [1.29, 1.82) is 0 Å². The molecule has 1 aromatic rings. The van der Waals surface area contributed by atoms with Crippen molar-refractivity contribution in [3.05, 3.63) is 11.9 Å². The van der Waals surface area contributed by atoms with Gasteiger partial charge in [-0.15, -0.1) is 0 Å². The molecule has 1 aliphatic rings. The SMILES string of the molecule is CCC1OCCC1CNc1ncnc(NN)c1C(C)C. The van der Waals surface area contributed by atoms with Crippen molar-refractivity contribution >= 4 is 11.6 Å². The quantitative estimate of drug-likeness (QED) is 0.546. The van der Waals surface area contributed by atoms with Crippen molar-refractivity contribution in [1.82, 2.24) is 9.97 Å². The number of anilines is 2. The first kappa shape index (κ1) is 15.0. The lowest BCUT2D eigenvalue weighted by Gasteiger charge is -2.20. The second-order valence-corrected chi connectivity index (χ2v) is 5.53. The van der Waals surface area contributed by atoms with E-state index in [2.05, 4.69) is 41.5 Å². The number of hydrogen-bond acceptors (Lipinski definition) is 6.